The summed E-state index contributed by atoms with van der Waals surface area (Å²) in [7, 11) is 0. The van der Waals surface area contributed by atoms with Crippen LogP contribution in [-0.2, 0) is 6.54 Å². The Morgan fingerprint density at radius 1 is 1.57 bits per heavy atom. The highest BCUT2D eigenvalue weighted by Crippen LogP contribution is 2.00. The van der Waals surface area contributed by atoms with Gasteiger partial charge in [-0.2, -0.15) is 4.98 Å². The lowest BCUT2D eigenvalue weighted by molar-refractivity contribution is 0.0945. The zero-order valence-electron chi connectivity index (χ0n) is 7.01. The molecule has 0 aliphatic rings. The van der Waals surface area contributed by atoms with E-state index in [9.17, 15) is 4.79 Å². The summed E-state index contributed by atoms with van der Waals surface area (Å²) in [6.07, 6.45) is 1.21. The SMILES string of the molecule is O=C(NCc1ncon1)c1cscn1. The van der Waals surface area contributed by atoms with Crippen molar-refractivity contribution in [3.63, 3.8) is 0 Å². The molecule has 1 amide bonds. The van der Waals surface area contributed by atoms with Gasteiger partial charge in [-0.15, -0.1) is 11.3 Å². The molecule has 14 heavy (non-hydrogen) atoms. The van der Waals surface area contributed by atoms with Crippen molar-refractivity contribution >= 4 is 17.2 Å². The predicted octanol–water partition coefficient (Wildman–Crippen LogP) is 0.456. The van der Waals surface area contributed by atoms with Crippen LogP contribution in [0.25, 0.3) is 0 Å². The first kappa shape index (κ1) is 8.82. The van der Waals surface area contributed by atoms with Crippen LogP contribution in [0, 0.1) is 0 Å². The molecule has 2 heterocycles. The molecule has 2 aromatic heterocycles. The molecule has 1 N–H and O–H groups in total. The Labute approximate surface area is 83.0 Å². The Morgan fingerprint density at radius 2 is 2.50 bits per heavy atom. The van der Waals surface area contributed by atoms with Gasteiger partial charge < -0.3 is 9.84 Å². The lowest BCUT2D eigenvalue weighted by atomic mass is 10.4. The van der Waals surface area contributed by atoms with Crippen LogP contribution >= 0.6 is 11.3 Å². The fourth-order valence-corrected chi connectivity index (χ4v) is 1.38. The molecule has 0 unspecified atom stereocenters. The topological polar surface area (TPSA) is 80.9 Å². The number of rotatable bonds is 3. The molecule has 7 heteroatoms. The first-order valence-corrected chi connectivity index (χ1v) is 4.72. The number of aromatic nitrogens is 3. The van der Waals surface area contributed by atoms with Crippen LogP contribution in [0.4, 0.5) is 0 Å². The van der Waals surface area contributed by atoms with Crippen LogP contribution in [0.1, 0.15) is 16.3 Å². The lowest BCUT2D eigenvalue weighted by Crippen LogP contribution is -2.23. The second-order valence-electron chi connectivity index (χ2n) is 2.40. The summed E-state index contributed by atoms with van der Waals surface area (Å²) in [6, 6.07) is 0. The second-order valence-corrected chi connectivity index (χ2v) is 3.12. The van der Waals surface area contributed by atoms with Crippen molar-refractivity contribution in [3.05, 3.63) is 28.8 Å². The van der Waals surface area contributed by atoms with Crippen molar-refractivity contribution in [2.45, 2.75) is 6.54 Å². The zero-order valence-corrected chi connectivity index (χ0v) is 7.82. The van der Waals surface area contributed by atoms with E-state index >= 15 is 0 Å². The van der Waals surface area contributed by atoms with Crippen molar-refractivity contribution in [2.75, 3.05) is 0 Å². The van der Waals surface area contributed by atoms with Crippen LogP contribution in [0.3, 0.4) is 0 Å². The van der Waals surface area contributed by atoms with Crippen molar-refractivity contribution in [1.29, 1.82) is 0 Å². The van der Waals surface area contributed by atoms with Crippen molar-refractivity contribution in [1.82, 2.24) is 20.4 Å². The van der Waals surface area contributed by atoms with Gasteiger partial charge in [0.15, 0.2) is 5.82 Å². The largest absolute Gasteiger partial charge is 0.343 e. The molecule has 6 nitrogen and oxygen atoms in total. The maximum Gasteiger partial charge on any atom is 0.271 e. The highest BCUT2D eigenvalue weighted by atomic mass is 32.1. The Bertz CT molecular complexity index is 397. The number of carbonyl (C=O) groups is 1. The summed E-state index contributed by atoms with van der Waals surface area (Å²) in [6.45, 7) is 0.243. The van der Waals surface area contributed by atoms with Crippen molar-refractivity contribution in [2.24, 2.45) is 0 Å². The average molecular weight is 210 g/mol. The van der Waals surface area contributed by atoms with E-state index in [-0.39, 0.29) is 12.5 Å². The van der Waals surface area contributed by atoms with Crippen LogP contribution in [0.5, 0.6) is 0 Å². The van der Waals surface area contributed by atoms with Gasteiger partial charge in [0.05, 0.1) is 12.1 Å². The minimum atomic E-state index is -0.240. The highest BCUT2D eigenvalue weighted by Gasteiger charge is 2.07. The molecule has 0 spiro atoms. The van der Waals surface area contributed by atoms with Crippen molar-refractivity contribution < 1.29 is 9.32 Å². The molecule has 0 aliphatic heterocycles. The van der Waals surface area contributed by atoms with E-state index in [1.165, 1.54) is 17.7 Å². The number of nitrogens with one attached hydrogen (secondary N) is 1. The predicted molar refractivity (Wildman–Crippen MR) is 47.6 cm³/mol. The Balaban J connectivity index is 1.90. The van der Waals surface area contributed by atoms with Crippen LogP contribution < -0.4 is 5.32 Å². The van der Waals surface area contributed by atoms with Crippen LogP contribution in [0.2, 0.25) is 0 Å². The molecule has 0 bridgehead atoms. The first-order valence-electron chi connectivity index (χ1n) is 3.78. The summed E-state index contributed by atoms with van der Waals surface area (Å²) in [5.74, 6) is 0.199. The number of hydrogen-bond acceptors (Lipinski definition) is 6. The fourth-order valence-electron chi connectivity index (χ4n) is 0.845. The van der Waals surface area contributed by atoms with E-state index in [0.717, 1.165) is 0 Å². The molecular weight excluding hydrogens is 204 g/mol. The van der Waals surface area contributed by atoms with E-state index in [1.807, 2.05) is 0 Å². The highest BCUT2D eigenvalue weighted by molar-refractivity contribution is 7.07. The molecule has 2 aromatic rings. The number of nitrogens with zero attached hydrogens (tertiary/aromatic N) is 3. The van der Waals surface area contributed by atoms with Crippen molar-refractivity contribution in [3.8, 4) is 0 Å². The molecule has 72 valence electrons. The molecule has 0 saturated carbocycles. The first-order chi connectivity index (χ1) is 6.86. The Kier molecular flexibility index (Phi) is 2.50. The van der Waals surface area contributed by atoms with Gasteiger partial charge in [0.2, 0.25) is 6.39 Å². The summed E-state index contributed by atoms with van der Waals surface area (Å²) in [5.41, 5.74) is 2.00. The molecule has 0 atom stereocenters. The number of hydrogen-bond donors (Lipinski definition) is 1. The average Bonchev–Trinajstić information content (AvgIpc) is 2.87. The van der Waals surface area contributed by atoms with Gasteiger partial charge in [-0.05, 0) is 0 Å². The summed E-state index contributed by atoms with van der Waals surface area (Å²) >= 11 is 1.37. The second kappa shape index (κ2) is 3.97. The normalized spacial score (nSPS) is 10.0. The third kappa shape index (κ3) is 1.94. The quantitative estimate of drug-likeness (QED) is 0.795. The summed E-state index contributed by atoms with van der Waals surface area (Å²) in [5, 5.41) is 7.83. The minimum absolute atomic E-state index is 0.240. The van der Waals surface area contributed by atoms with Gasteiger partial charge in [-0.25, -0.2) is 4.98 Å². The number of thiazole rings is 1. The van der Waals surface area contributed by atoms with Gasteiger partial charge in [-0.1, -0.05) is 5.16 Å². The molecule has 0 aromatic carbocycles. The van der Waals surface area contributed by atoms with E-state index < -0.39 is 0 Å². The smallest absolute Gasteiger partial charge is 0.271 e. The van der Waals surface area contributed by atoms with Crippen LogP contribution in [0.15, 0.2) is 21.8 Å². The molecule has 0 saturated heterocycles. The van der Waals surface area contributed by atoms with Crippen LogP contribution in [-0.4, -0.2) is 21.0 Å². The van der Waals surface area contributed by atoms with Gasteiger partial charge >= 0.3 is 0 Å². The van der Waals surface area contributed by atoms with E-state index in [1.54, 1.807) is 10.9 Å². The number of amides is 1. The standard InChI is InChI=1S/C7H6N4O2S/c12-7(5-2-14-4-10-5)8-1-6-9-3-13-11-6/h2-4H,1H2,(H,8,12). The molecule has 0 aliphatic carbocycles. The molecule has 0 fully saturated rings. The lowest BCUT2D eigenvalue weighted by Gasteiger charge is -1.97. The molecular formula is C7H6N4O2S. The maximum absolute atomic E-state index is 11.3. The summed E-state index contributed by atoms with van der Waals surface area (Å²) < 4.78 is 4.51. The Morgan fingerprint density at radius 3 is 3.14 bits per heavy atom. The van der Waals surface area contributed by atoms with Gasteiger partial charge in [0.1, 0.15) is 5.69 Å². The Hall–Kier alpha value is -1.76. The third-order valence-electron chi connectivity index (χ3n) is 1.48. The minimum Gasteiger partial charge on any atom is -0.343 e. The molecule has 2 rings (SSSR count). The van der Waals surface area contributed by atoms with Gasteiger partial charge in [0.25, 0.3) is 5.91 Å². The third-order valence-corrected chi connectivity index (χ3v) is 2.07. The maximum atomic E-state index is 11.3. The summed E-state index contributed by atoms with van der Waals surface area (Å²) in [4.78, 5) is 19.0. The molecule has 0 radical (unpaired) electrons. The van der Waals surface area contributed by atoms with Gasteiger partial charge in [0, 0.05) is 5.38 Å². The fraction of sp³-hybridized carbons (Fsp3) is 0.143. The number of carbonyl (C=O) groups excluding carboxylic acids is 1. The van der Waals surface area contributed by atoms with Gasteiger partial charge in [-0.3, -0.25) is 4.79 Å². The van der Waals surface area contributed by atoms with E-state index in [2.05, 4.69) is 25.0 Å². The monoisotopic (exact) mass is 210 g/mol. The zero-order chi connectivity index (χ0) is 9.80. The van der Waals surface area contributed by atoms with E-state index in [4.69, 9.17) is 0 Å². The van der Waals surface area contributed by atoms with E-state index in [0.29, 0.717) is 11.5 Å².